The maximum Gasteiger partial charge on any atom is 0.312 e. The third kappa shape index (κ3) is 2.09. The number of benzene rings is 1. The molecule has 19 heavy (non-hydrogen) atoms. The minimum absolute atomic E-state index is 0.227. The Bertz CT molecular complexity index is 543. The molecule has 1 aromatic carbocycles. The second-order valence-electron chi connectivity index (χ2n) is 4.64. The Kier molecular flexibility index (Phi) is 2.77. The molecule has 1 aromatic rings. The Morgan fingerprint density at radius 2 is 1.89 bits per heavy atom. The standard InChI is InChI=1S/C13H14N2O4/c1-14-4-5-15(13(17)12(14)16)7-9-2-3-10-11(6-9)19-8-18-10/h2-3,6H,4-5,7-8H2,1H3. The molecule has 0 N–H and O–H groups in total. The molecule has 1 fully saturated rings. The van der Waals surface area contributed by atoms with Gasteiger partial charge in [-0.05, 0) is 17.7 Å². The zero-order valence-corrected chi connectivity index (χ0v) is 10.6. The van der Waals surface area contributed by atoms with Gasteiger partial charge in [0, 0.05) is 26.7 Å². The van der Waals surface area contributed by atoms with E-state index in [1.54, 1.807) is 11.9 Å². The Labute approximate surface area is 110 Å². The fraction of sp³-hybridized carbons (Fsp3) is 0.385. The van der Waals surface area contributed by atoms with Gasteiger partial charge in [0.25, 0.3) is 0 Å². The van der Waals surface area contributed by atoms with Gasteiger partial charge in [0.15, 0.2) is 11.5 Å². The highest BCUT2D eigenvalue weighted by Crippen LogP contribution is 2.32. The minimum atomic E-state index is -0.452. The molecule has 100 valence electrons. The number of fused-ring (bicyclic) bond motifs is 1. The number of carbonyl (C=O) groups is 2. The Morgan fingerprint density at radius 3 is 2.74 bits per heavy atom. The van der Waals surface area contributed by atoms with Gasteiger partial charge >= 0.3 is 11.8 Å². The van der Waals surface area contributed by atoms with Gasteiger partial charge in [-0.25, -0.2) is 0 Å². The fourth-order valence-corrected chi connectivity index (χ4v) is 2.18. The fourth-order valence-electron chi connectivity index (χ4n) is 2.18. The second kappa shape index (κ2) is 4.46. The molecule has 0 atom stereocenters. The van der Waals surface area contributed by atoms with E-state index in [0.717, 1.165) is 5.56 Å². The number of ether oxygens (including phenoxy) is 2. The predicted molar refractivity (Wildman–Crippen MR) is 65.6 cm³/mol. The van der Waals surface area contributed by atoms with Gasteiger partial charge < -0.3 is 19.3 Å². The lowest BCUT2D eigenvalue weighted by Gasteiger charge is -2.31. The van der Waals surface area contributed by atoms with Gasteiger partial charge in [-0.3, -0.25) is 9.59 Å². The molecule has 0 spiro atoms. The number of hydrogen-bond acceptors (Lipinski definition) is 4. The zero-order valence-electron chi connectivity index (χ0n) is 10.6. The van der Waals surface area contributed by atoms with Crippen molar-refractivity contribution in [3.8, 4) is 11.5 Å². The van der Waals surface area contributed by atoms with Crippen molar-refractivity contribution < 1.29 is 19.1 Å². The van der Waals surface area contributed by atoms with Crippen LogP contribution in [0.15, 0.2) is 18.2 Å². The van der Waals surface area contributed by atoms with Crippen molar-refractivity contribution >= 4 is 11.8 Å². The summed E-state index contributed by atoms with van der Waals surface area (Å²) in [5.74, 6) is 0.494. The van der Waals surface area contributed by atoms with Crippen LogP contribution in [0.1, 0.15) is 5.56 Å². The highest BCUT2D eigenvalue weighted by atomic mass is 16.7. The third-order valence-electron chi connectivity index (χ3n) is 3.33. The van der Waals surface area contributed by atoms with Crippen LogP contribution in [0.25, 0.3) is 0 Å². The quantitative estimate of drug-likeness (QED) is 0.715. The van der Waals surface area contributed by atoms with E-state index >= 15 is 0 Å². The predicted octanol–water partition coefficient (Wildman–Crippen LogP) is 0.216. The second-order valence-corrected chi connectivity index (χ2v) is 4.64. The molecule has 6 heteroatoms. The summed E-state index contributed by atoms with van der Waals surface area (Å²) in [5.41, 5.74) is 0.926. The first kappa shape index (κ1) is 11.8. The molecular weight excluding hydrogens is 248 g/mol. The normalized spacial score (nSPS) is 18.2. The Morgan fingerprint density at radius 1 is 1.11 bits per heavy atom. The number of amides is 2. The first-order valence-electron chi connectivity index (χ1n) is 6.08. The van der Waals surface area contributed by atoms with Gasteiger partial charge in [-0.2, -0.15) is 0 Å². The summed E-state index contributed by atoms with van der Waals surface area (Å²) >= 11 is 0. The number of likely N-dealkylation sites (N-methyl/N-ethyl adjacent to an activating group) is 1. The highest BCUT2D eigenvalue weighted by Gasteiger charge is 2.30. The molecule has 0 bridgehead atoms. The number of carbonyl (C=O) groups excluding carboxylic acids is 2. The van der Waals surface area contributed by atoms with Gasteiger partial charge in [-0.1, -0.05) is 6.07 Å². The number of hydrogen-bond donors (Lipinski definition) is 0. The van der Waals surface area contributed by atoms with E-state index < -0.39 is 11.8 Å². The van der Waals surface area contributed by atoms with Gasteiger partial charge in [0.2, 0.25) is 6.79 Å². The van der Waals surface area contributed by atoms with Crippen molar-refractivity contribution in [2.24, 2.45) is 0 Å². The van der Waals surface area contributed by atoms with Crippen molar-refractivity contribution in [2.45, 2.75) is 6.54 Å². The lowest BCUT2D eigenvalue weighted by molar-refractivity contribution is -0.155. The monoisotopic (exact) mass is 262 g/mol. The summed E-state index contributed by atoms with van der Waals surface area (Å²) in [5, 5.41) is 0. The molecule has 2 aliphatic heterocycles. The molecule has 3 rings (SSSR count). The average Bonchev–Trinajstić information content (AvgIpc) is 2.87. The lowest BCUT2D eigenvalue weighted by Crippen LogP contribution is -2.52. The molecule has 6 nitrogen and oxygen atoms in total. The summed E-state index contributed by atoms with van der Waals surface area (Å²) in [4.78, 5) is 26.5. The Hall–Kier alpha value is -2.24. The lowest BCUT2D eigenvalue weighted by atomic mass is 10.1. The first-order chi connectivity index (χ1) is 9.15. The number of piperazine rings is 1. The van der Waals surface area contributed by atoms with Gasteiger partial charge in [-0.15, -0.1) is 0 Å². The van der Waals surface area contributed by atoms with Crippen molar-refractivity contribution in [3.05, 3.63) is 23.8 Å². The molecule has 0 saturated carbocycles. The van der Waals surface area contributed by atoms with Crippen molar-refractivity contribution in [1.82, 2.24) is 9.80 Å². The van der Waals surface area contributed by atoms with Crippen LogP contribution in [-0.4, -0.2) is 48.5 Å². The highest BCUT2D eigenvalue weighted by molar-refractivity contribution is 6.35. The number of nitrogens with zero attached hydrogens (tertiary/aromatic N) is 2. The van der Waals surface area contributed by atoms with E-state index in [1.165, 1.54) is 4.90 Å². The molecule has 2 heterocycles. The molecule has 2 aliphatic rings. The van der Waals surface area contributed by atoms with E-state index in [1.807, 2.05) is 18.2 Å². The van der Waals surface area contributed by atoms with Crippen molar-refractivity contribution in [3.63, 3.8) is 0 Å². The minimum Gasteiger partial charge on any atom is -0.454 e. The van der Waals surface area contributed by atoms with Crippen LogP contribution in [0.3, 0.4) is 0 Å². The van der Waals surface area contributed by atoms with Crippen LogP contribution in [0, 0.1) is 0 Å². The zero-order chi connectivity index (χ0) is 13.4. The smallest absolute Gasteiger partial charge is 0.312 e. The maximum absolute atomic E-state index is 11.9. The largest absolute Gasteiger partial charge is 0.454 e. The van der Waals surface area contributed by atoms with Crippen molar-refractivity contribution in [2.75, 3.05) is 26.9 Å². The van der Waals surface area contributed by atoms with Crippen LogP contribution in [0.2, 0.25) is 0 Å². The summed E-state index contributed by atoms with van der Waals surface area (Å²) in [6.45, 7) is 1.75. The molecule has 0 radical (unpaired) electrons. The van der Waals surface area contributed by atoms with Crippen LogP contribution >= 0.6 is 0 Å². The Balaban J connectivity index is 1.75. The van der Waals surface area contributed by atoms with E-state index in [0.29, 0.717) is 31.1 Å². The third-order valence-corrected chi connectivity index (χ3v) is 3.33. The molecular formula is C13H14N2O4. The first-order valence-corrected chi connectivity index (χ1v) is 6.08. The SMILES string of the molecule is CN1CCN(Cc2ccc3c(c2)OCO3)C(=O)C1=O. The van der Waals surface area contributed by atoms with E-state index in [9.17, 15) is 9.59 Å². The topological polar surface area (TPSA) is 59.1 Å². The van der Waals surface area contributed by atoms with Crippen molar-refractivity contribution in [1.29, 1.82) is 0 Å². The summed E-state index contributed by atoms with van der Waals surface area (Å²) in [6.07, 6.45) is 0. The van der Waals surface area contributed by atoms with Crippen LogP contribution < -0.4 is 9.47 Å². The van der Waals surface area contributed by atoms with Gasteiger partial charge in [0.05, 0.1) is 0 Å². The van der Waals surface area contributed by atoms with E-state index in [2.05, 4.69) is 0 Å². The molecule has 0 aromatic heterocycles. The summed E-state index contributed by atoms with van der Waals surface area (Å²) in [7, 11) is 1.64. The average molecular weight is 262 g/mol. The maximum atomic E-state index is 11.9. The van der Waals surface area contributed by atoms with Crippen LogP contribution in [0.5, 0.6) is 11.5 Å². The molecule has 2 amide bonds. The van der Waals surface area contributed by atoms with Gasteiger partial charge in [0.1, 0.15) is 0 Å². The molecule has 1 saturated heterocycles. The molecule has 0 unspecified atom stereocenters. The number of rotatable bonds is 2. The van der Waals surface area contributed by atoms with Crippen LogP contribution in [-0.2, 0) is 16.1 Å². The summed E-state index contributed by atoms with van der Waals surface area (Å²) in [6, 6.07) is 5.54. The van der Waals surface area contributed by atoms with E-state index in [-0.39, 0.29) is 6.79 Å². The van der Waals surface area contributed by atoms with Crippen LogP contribution in [0.4, 0.5) is 0 Å². The summed E-state index contributed by atoms with van der Waals surface area (Å²) < 4.78 is 10.5. The molecule has 0 aliphatic carbocycles. The van der Waals surface area contributed by atoms with E-state index in [4.69, 9.17) is 9.47 Å².